The van der Waals surface area contributed by atoms with E-state index in [0.717, 1.165) is 16.7 Å². The molecule has 1 amide bonds. The van der Waals surface area contributed by atoms with Crippen molar-refractivity contribution in [1.29, 1.82) is 0 Å². The highest BCUT2D eigenvalue weighted by Gasteiger charge is 2.24. The van der Waals surface area contributed by atoms with Crippen molar-refractivity contribution >= 4 is 34.2 Å². The molecule has 1 heterocycles. The fourth-order valence-electron chi connectivity index (χ4n) is 3.68. The maximum Gasteiger partial charge on any atom is 0.263 e. The zero-order valence-electron chi connectivity index (χ0n) is 17.2. The minimum absolute atomic E-state index is 0.129. The molecule has 0 aliphatic carbocycles. The van der Waals surface area contributed by atoms with Crippen LogP contribution in [0.3, 0.4) is 0 Å². The Kier molecular flexibility index (Phi) is 4.88. The first-order valence-electron chi connectivity index (χ1n) is 9.75. The predicted molar refractivity (Wildman–Crippen MR) is 121 cm³/mol. The van der Waals surface area contributed by atoms with E-state index in [0.29, 0.717) is 27.7 Å². The third-order valence-electron chi connectivity index (χ3n) is 5.27. The zero-order chi connectivity index (χ0) is 21.4. The lowest BCUT2D eigenvalue weighted by Gasteiger charge is -2.10. The molecule has 30 heavy (non-hydrogen) atoms. The number of anilines is 2. The van der Waals surface area contributed by atoms with Crippen LogP contribution in [-0.4, -0.2) is 16.4 Å². The minimum Gasteiger partial charge on any atom is -0.384 e. The maximum absolute atomic E-state index is 13.2. The van der Waals surface area contributed by atoms with Crippen LogP contribution in [0.5, 0.6) is 0 Å². The van der Waals surface area contributed by atoms with Gasteiger partial charge in [0, 0.05) is 16.6 Å². The van der Waals surface area contributed by atoms with Gasteiger partial charge in [0.15, 0.2) is 0 Å². The highest BCUT2D eigenvalue weighted by atomic mass is 16.2. The molecule has 1 aromatic heterocycles. The molecule has 150 valence electrons. The van der Waals surface area contributed by atoms with Gasteiger partial charge in [-0.3, -0.25) is 14.2 Å². The van der Waals surface area contributed by atoms with E-state index in [4.69, 9.17) is 5.73 Å². The van der Waals surface area contributed by atoms with Gasteiger partial charge in [-0.15, -0.1) is 0 Å². The van der Waals surface area contributed by atoms with Gasteiger partial charge in [-0.1, -0.05) is 53.6 Å². The number of rotatable bonds is 3. The van der Waals surface area contributed by atoms with Gasteiger partial charge in [0.2, 0.25) is 0 Å². The summed E-state index contributed by atoms with van der Waals surface area (Å²) in [6.07, 6.45) is 0. The molecule has 0 aliphatic heterocycles. The maximum atomic E-state index is 13.2. The Labute approximate surface area is 175 Å². The fourth-order valence-corrected chi connectivity index (χ4v) is 3.68. The number of nitrogen functional groups attached to an aromatic ring is 1. The Hall–Kier alpha value is -3.86. The summed E-state index contributed by atoms with van der Waals surface area (Å²) in [4.78, 5) is 26.4. The molecule has 0 saturated carbocycles. The number of aromatic nitrogens is 1. The Morgan fingerprint density at radius 2 is 1.53 bits per heavy atom. The summed E-state index contributed by atoms with van der Waals surface area (Å²) in [6.45, 7) is 5.90. The topological polar surface area (TPSA) is 77.1 Å². The van der Waals surface area contributed by atoms with Crippen molar-refractivity contribution in [2.45, 2.75) is 20.8 Å². The summed E-state index contributed by atoms with van der Waals surface area (Å²) >= 11 is 0. The van der Waals surface area contributed by atoms with Crippen molar-refractivity contribution < 1.29 is 9.59 Å². The monoisotopic (exact) mass is 397 g/mol. The van der Waals surface area contributed by atoms with Crippen LogP contribution in [0.2, 0.25) is 0 Å². The first-order valence-corrected chi connectivity index (χ1v) is 9.75. The van der Waals surface area contributed by atoms with Crippen LogP contribution in [0.1, 0.15) is 37.4 Å². The van der Waals surface area contributed by atoms with Gasteiger partial charge in [-0.05, 0) is 50.6 Å². The summed E-state index contributed by atoms with van der Waals surface area (Å²) in [6, 6.07) is 20.4. The number of benzene rings is 3. The average Bonchev–Trinajstić information content (AvgIpc) is 3.02. The van der Waals surface area contributed by atoms with E-state index in [1.165, 1.54) is 4.57 Å². The second-order valence-corrected chi connectivity index (χ2v) is 7.56. The average molecular weight is 397 g/mol. The van der Waals surface area contributed by atoms with Crippen molar-refractivity contribution in [3.63, 3.8) is 0 Å². The molecule has 4 rings (SSSR count). The van der Waals surface area contributed by atoms with Crippen LogP contribution in [0.4, 0.5) is 11.5 Å². The molecule has 4 aromatic rings. The summed E-state index contributed by atoms with van der Waals surface area (Å²) in [7, 11) is 0. The third-order valence-corrected chi connectivity index (χ3v) is 5.27. The number of carbonyl (C=O) groups is 2. The van der Waals surface area contributed by atoms with Crippen LogP contribution >= 0.6 is 0 Å². The van der Waals surface area contributed by atoms with Crippen LogP contribution < -0.4 is 11.1 Å². The van der Waals surface area contributed by atoms with Gasteiger partial charge in [-0.25, -0.2) is 0 Å². The quantitative estimate of drug-likeness (QED) is 0.505. The fraction of sp³-hybridized carbons (Fsp3) is 0.120. The number of para-hydroxylation sites is 1. The molecule has 3 N–H and O–H groups in total. The number of fused-ring (bicyclic) bond motifs is 1. The summed E-state index contributed by atoms with van der Waals surface area (Å²) in [5, 5.41) is 3.58. The molecule has 0 spiro atoms. The van der Waals surface area contributed by atoms with Gasteiger partial charge in [0.05, 0.1) is 11.1 Å². The highest BCUT2D eigenvalue weighted by Crippen LogP contribution is 2.30. The van der Waals surface area contributed by atoms with E-state index in [1.807, 2.05) is 69.3 Å². The number of hydrogen-bond donors (Lipinski definition) is 2. The molecule has 0 saturated heterocycles. The first kappa shape index (κ1) is 19.5. The summed E-state index contributed by atoms with van der Waals surface area (Å²) in [5.41, 5.74) is 11.6. The standard InChI is InChI=1S/C25H23N3O2/c1-15-8-11-18(12-9-15)25(30)28-21-7-5-4-6-19(21)22(23(28)26)24(29)27-20-13-10-16(2)14-17(20)3/h4-14H,26H2,1-3H3,(H,27,29). The summed E-state index contributed by atoms with van der Waals surface area (Å²) in [5.74, 6) is -0.482. The van der Waals surface area contributed by atoms with E-state index < -0.39 is 0 Å². The number of carbonyl (C=O) groups excluding carboxylic acids is 2. The van der Waals surface area contributed by atoms with Crippen LogP contribution in [0.15, 0.2) is 66.7 Å². The van der Waals surface area contributed by atoms with Crippen molar-refractivity contribution in [2.24, 2.45) is 0 Å². The Morgan fingerprint density at radius 1 is 0.867 bits per heavy atom. The molecule has 5 nitrogen and oxygen atoms in total. The first-order chi connectivity index (χ1) is 14.4. The molecular weight excluding hydrogens is 374 g/mol. The van der Waals surface area contributed by atoms with E-state index in [1.54, 1.807) is 18.2 Å². The minimum atomic E-state index is -0.342. The number of nitrogens with one attached hydrogen (secondary N) is 1. The molecule has 0 fully saturated rings. The predicted octanol–water partition coefficient (Wildman–Crippen LogP) is 5.09. The second-order valence-electron chi connectivity index (χ2n) is 7.56. The Bertz CT molecular complexity index is 1280. The van der Waals surface area contributed by atoms with E-state index >= 15 is 0 Å². The second kappa shape index (κ2) is 7.52. The number of nitrogens with zero attached hydrogens (tertiary/aromatic N) is 1. The lowest BCUT2D eigenvalue weighted by atomic mass is 10.1. The largest absolute Gasteiger partial charge is 0.384 e. The van der Waals surface area contributed by atoms with Gasteiger partial charge < -0.3 is 11.1 Å². The summed E-state index contributed by atoms with van der Waals surface area (Å²) < 4.78 is 1.41. The van der Waals surface area contributed by atoms with E-state index in [9.17, 15) is 9.59 Å². The molecule has 0 unspecified atom stereocenters. The molecule has 5 heteroatoms. The molecule has 0 bridgehead atoms. The highest BCUT2D eigenvalue weighted by molar-refractivity contribution is 6.20. The Morgan fingerprint density at radius 3 is 2.23 bits per heavy atom. The van der Waals surface area contributed by atoms with E-state index in [2.05, 4.69) is 5.32 Å². The number of hydrogen-bond acceptors (Lipinski definition) is 3. The number of aryl methyl sites for hydroxylation is 3. The lowest BCUT2D eigenvalue weighted by Crippen LogP contribution is -2.18. The number of amides is 1. The molecule has 0 atom stereocenters. The SMILES string of the molecule is Cc1ccc(C(=O)n2c(N)c(C(=O)Nc3ccc(C)cc3C)c3ccccc32)cc1. The van der Waals surface area contributed by atoms with Crippen molar-refractivity contribution in [3.8, 4) is 0 Å². The van der Waals surface area contributed by atoms with Gasteiger partial charge in [0.25, 0.3) is 11.8 Å². The Balaban J connectivity index is 1.81. The van der Waals surface area contributed by atoms with Crippen LogP contribution in [-0.2, 0) is 0 Å². The van der Waals surface area contributed by atoms with Crippen LogP contribution in [0.25, 0.3) is 10.9 Å². The molecule has 0 aliphatic rings. The smallest absolute Gasteiger partial charge is 0.263 e. The van der Waals surface area contributed by atoms with Crippen molar-refractivity contribution in [1.82, 2.24) is 4.57 Å². The van der Waals surface area contributed by atoms with Gasteiger partial charge in [0.1, 0.15) is 5.82 Å². The van der Waals surface area contributed by atoms with Crippen molar-refractivity contribution in [2.75, 3.05) is 11.1 Å². The van der Waals surface area contributed by atoms with Gasteiger partial charge >= 0.3 is 0 Å². The third kappa shape index (κ3) is 3.35. The normalized spacial score (nSPS) is 10.9. The molecular formula is C25H23N3O2. The lowest BCUT2D eigenvalue weighted by molar-refractivity contribution is 0.0967. The van der Waals surface area contributed by atoms with Gasteiger partial charge in [-0.2, -0.15) is 0 Å². The zero-order valence-corrected chi connectivity index (χ0v) is 17.2. The van der Waals surface area contributed by atoms with E-state index in [-0.39, 0.29) is 17.6 Å². The number of nitrogens with two attached hydrogens (primary N) is 1. The van der Waals surface area contributed by atoms with Crippen molar-refractivity contribution in [3.05, 3.63) is 94.5 Å². The van der Waals surface area contributed by atoms with Crippen LogP contribution in [0, 0.1) is 20.8 Å². The molecule has 3 aromatic carbocycles. The molecule has 0 radical (unpaired) electrons.